The molecule has 0 saturated heterocycles. The van der Waals surface area contributed by atoms with Gasteiger partial charge >= 0.3 is 11.9 Å². The molecule has 1 saturated carbocycles. The maximum atomic E-state index is 12.1. The summed E-state index contributed by atoms with van der Waals surface area (Å²) in [5.74, 6) is -0.583. The van der Waals surface area contributed by atoms with E-state index in [-0.39, 0.29) is 47.8 Å². The van der Waals surface area contributed by atoms with Crippen molar-refractivity contribution < 1.29 is 19.1 Å². The second-order valence-corrected chi connectivity index (χ2v) is 7.19. The first-order valence-corrected chi connectivity index (χ1v) is 8.40. The zero-order valence-corrected chi connectivity index (χ0v) is 14.1. The molecule has 4 atom stereocenters. The summed E-state index contributed by atoms with van der Waals surface area (Å²) in [4.78, 5) is 24.2. The topological polar surface area (TPSA) is 52.6 Å². The van der Waals surface area contributed by atoms with Gasteiger partial charge in [0.25, 0.3) is 0 Å². The van der Waals surface area contributed by atoms with Crippen molar-refractivity contribution in [1.82, 2.24) is 0 Å². The van der Waals surface area contributed by atoms with E-state index < -0.39 is 0 Å². The summed E-state index contributed by atoms with van der Waals surface area (Å²) in [6, 6.07) is 8.21. The van der Waals surface area contributed by atoms with Gasteiger partial charge in [0.2, 0.25) is 0 Å². The Morgan fingerprint density at radius 3 is 1.61 bits per heavy atom. The number of esters is 2. The third-order valence-corrected chi connectivity index (χ3v) is 4.87. The van der Waals surface area contributed by atoms with Crippen LogP contribution in [0, 0.1) is 11.8 Å². The molecular weight excluding hydrogens is 292 g/mol. The fourth-order valence-electron chi connectivity index (χ4n) is 3.63. The fourth-order valence-corrected chi connectivity index (χ4v) is 3.63. The van der Waals surface area contributed by atoms with E-state index >= 15 is 0 Å². The van der Waals surface area contributed by atoms with Crippen LogP contribution >= 0.6 is 0 Å². The van der Waals surface area contributed by atoms with Crippen LogP contribution in [-0.4, -0.2) is 24.1 Å². The first-order valence-electron chi connectivity index (χ1n) is 8.40. The highest BCUT2D eigenvalue weighted by atomic mass is 16.6. The molecule has 23 heavy (non-hydrogen) atoms. The largest absolute Gasteiger partial charge is 0.458 e. The number of rotatable bonds is 4. The van der Waals surface area contributed by atoms with E-state index in [0.29, 0.717) is 0 Å². The van der Waals surface area contributed by atoms with E-state index in [4.69, 9.17) is 9.47 Å². The van der Waals surface area contributed by atoms with Crippen molar-refractivity contribution in [2.75, 3.05) is 0 Å². The minimum absolute atomic E-state index is 0.129. The number of hydrogen-bond donors (Lipinski definition) is 0. The van der Waals surface area contributed by atoms with Gasteiger partial charge in [0, 0.05) is 11.8 Å². The Kier molecular flexibility index (Phi) is 4.17. The lowest BCUT2D eigenvalue weighted by atomic mass is 9.87. The van der Waals surface area contributed by atoms with Crippen LogP contribution in [0.3, 0.4) is 0 Å². The van der Waals surface area contributed by atoms with Gasteiger partial charge in [-0.25, -0.2) is 0 Å². The summed E-state index contributed by atoms with van der Waals surface area (Å²) in [7, 11) is 0. The first-order chi connectivity index (χ1) is 10.9. The Balaban J connectivity index is 1.89. The predicted octanol–water partition coefficient (Wildman–Crippen LogP) is 3.41. The van der Waals surface area contributed by atoms with Gasteiger partial charge in [-0.05, 0) is 17.5 Å². The number of hydrogen-bond acceptors (Lipinski definition) is 4. The maximum absolute atomic E-state index is 12.1. The van der Waals surface area contributed by atoms with Gasteiger partial charge in [-0.2, -0.15) is 0 Å². The zero-order valence-electron chi connectivity index (χ0n) is 14.1. The molecule has 2 aliphatic rings. The standard InChI is InChI=1S/C19H24O4/c1-10(2)18(20)22-16-14-9-15(13-8-6-5-7-12(13)14)17(16)23-19(21)11(3)4/h5-8,10-11,14-17H,9H2,1-4H3/t14?,15?,16-,17?/m0/s1. The fraction of sp³-hybridized carbons (Fsp3) is 0.579. The Morgan fingerprint density at radius 1 is 0.870 bits per heavy atom. The molecule has 1 aromatic carbocycles. The van der Waals surface area contributed by atoms with Crippen LogP contribution in [0.1, 0.15) is 57.1 Å². The van der Waals surface area contributed by atoms with Crippen molar-refractivity contribution in [2.24, 2.45) is 11.8 Å². The van der Waals surface area contributed by atoms with Gasteiger partial charge in [-0.15, -0.1) is 0 Å². The van der Waals surface area contributed by atoms with Crippen LogP contribution in [0.4, 0.5) is 0 Å². The van der Waals surface area contributed by atoms with Crippen molar-refractivity contribution >= 4 is 11.9 Å². The molecule has 3 unspecified atom stereocenters. The SMILES string of the molecule is CC(C)C(=O)OC1C2CC(c3ccccc32)[C@@H]1OC(=O)C(C)C. The number of ether oxygens (including phenoxy) is 2. The molecule has 0 heterocycles. The average molecular weight is 316 g/mol. The zero-order chi connectivity index (χ0) is 16.7. The molecule has 2 aliphatic carbocycles. The molecule has 1 fully saturated rings. The molecule has 0 aliphatic heterocycles. The minimum atomic E-state index is -0.368. The molecule has 4 heteroatoms. The quantitative estimate of drug-likeness (QED) is 0.799. The normalized spacial score (nSPS) is 28.1. The van der Waals surface area contributed by atoms with Gasteiger partial charge < -0.3 is 9.47 Å². The van der Waals surface area contributed by atoms with Crippen LogP contribution in [0.15, 0.2) is 24.3 Å². The Bertz CT molecular complexity index is 567. The molecule has 1 aromatic rings. The summed E-state index contributed by atoms with van der Waals surface area (Å²) >= 11 is 0. The van der Waals surface area contributed by atoms with Crippen LogP contribution < -0.4 is 0 Å². The highest BCUT2D eigenvalue weighted by Gasteiger charge is 2.55. The monoisotopic (exact) mass is 316 g/mol. The molecule has 4 nitrogen and oxygen atoms in total. The third-order valence-electron chi connectivity index (χ3n) is 4.87. The van der Waals surface area contributed by atoms with E-state index in [9.17, 15) is 9.59 Å². The maximum Gasteiger partial charge on any atom is 0.308 e. The average Bonchev–Trinajstić information content (AvgIpc) is 3.04. The smallest absolute Gasteiger partial charge is 0.308 e. The number of benzene rings is 1. The molecular formula is C19H24O4. The molecule has 124 valence electrons. The summed E-state index contributed by atoms with van der Waals surface area (Å²) in [5, 5.41) is 0. The van der Waals surface area contributed by atoms with Gasteiger partial charge in [-0.1, -0.05) is 52.0 Å². The van der Waals surface area contributed by atoms with Gasteiger partial charge in [0.1, 0.15) is 12.2 Å². The van der Waals surface area contributed by atoms with Crippen molar-refractivity contribution in [2.45, 2.75) is 58.2 Å². The van der Waals surface area contributed by atoms with E-state index in [2.05, 4.69) is 12.1 Å². The number of carbonyl (C=O) groups is 2. The van der Waals surface area contributed by atoms with E-state index in [1.165, 1.54) is 11.1 Å². The third kappa shape index (κ3) is 2.75. The van der Waals surface area contributed by atoms with E-state index in [0.717, 1.165) is 6.42 Å². The molecule has 0 N–H and O–H groups in total. The molecule has 0 radical (unpaired) electrons. The predicted molar refractivity (Wildman–Crippen MR) is 86.0 cm³/mol. The van der Waals surface area contributed by atoms with Crippen LogP contribution in [0.25, 0.3) is 0 Å². The van der Waals surface area contributed by atoms with Crippen molar-refractivity contribution in [3.05, 3.63) is 35.4 Å². The molecule has 3 rings (SSSR count). The van der Waals surface area contributed by atoms with Gasteiger partial charge in [0.05, 0.1) is 11.8 Å². The van der Waals surface area contributed by atoms with Gasteiger partial charge in [-0.3, -0.25) is 9.59 Å². The lowest BCUT2D eigenvalue weighted by Crippen LogP contribution is -2.40. The Hall–Kier alpha value is -1.84. The summed E-state index contributed by atoms with van der Waals surface area (Å²) in [5.41, 5.74) is 2.46. The molecule has 0 aromatic heterocycles. The van der Waals surface area contributed by atoms with E-state index in [1.54, 1.807) is 0 Å². The molecule has 0 amide bonds. The summed E-state index contributed by atoms with van der Waals surface area (Å²) < 4.78 is 11.5. The van der Waals surface area contributed by atoms with Crippen molar-refractivity contribution in [3.8, 4) is 0 Å². The summed E-state index contributed by atoms with van der Waals surface area (Å²) in [6.07, 6.45) is 0.144. The second kappa shape index (κ2) is 5.99. The van der Waals surface area contributed by atoms with Gasteiger partial charge in [0.15, 0.2) is 0 Å². The van der Waals surface area contributed by atoms with Crippen LogP contribution in [0.2, 0.25) is 0 Å². The first kappa shape index (κ1) is 16.0. The second-order valence-electron chi connectivity index (χ2n) is 7.19. The van der Waals surface area contributed by atoms with Crippen LogP contribution in [-0.2, 0) is 19.1 Å². The summed E-state index contributed by atoms with van der Waals surface area (Å²) in [6.45, 7) is 7.27. The lowest BCUT2D eigenvalue weighted by Gasteiger charge is -2.32. The Labute approximate surface area is 137 Å². The molecule has 0 spiro atoms. The van der Waals surface area contributed by atoms with Crippen molar-refractivity contribution in [1.29, 1.82) is 0 Å². The van der Waals surface area contributed by atoms with Crippen LogP contribution in [0.5, 0.6) is 0 Å². The highest BCUT2D eigenvalue weighted by molar-refractivity contribution is 5.73. The number of fused-ring (bicyclic) bond motifs is 5. The minimum Gasteiger partial charge on any atom is -0.458 e. The van der Waals surface area contributed by atoms with Crippen molar-refractivity contribution in [3.63, 3.8) is 0 Å². The van der Waals surface area contributed by atoms with E-state index in [1.807, 2.05) is 39.8 Å². The lowest BCUT2D eigenvalue weighted by molar-refractivity contribution is -0.171. The Morgan fingerprint density at radius 2 is 1.26 bits per heavy atom. The highest BCUT2D eigenvalue weighted by Crippen LogP contribution is 2.55. The number of carbonyl (C=O) groups excluding carboxylic acids is 2. The molecule has 2 bridgehead atoms.